The molecule has 8 heteroatoms. The molecule has 1 aromatic carbocycles. The number of aromatic nitrogens is 5. The molecule has 0 aliphatic carbocycles. The molecule has 0 spiro atoms. The number of H-pyrrole nitrogens is 2. The lowest BCUT2D eigenvalue weighted by molar-refractivity contribution is 0.603. The second kappa shape index (κ2) is 5.04. The fraction of sp³-hybridized carbons (Fsp3) is 0.250. The lowest BCUT2D eigenvalue weighted by Gasteiger charge is -2.00. The zero-order chi connectivity index (χ0) is 14.1. The van der Waals surface area contributed by atoms with Crippen LogP contribution >= 0.6 is 11.8 Å². The van der Waals surface area contributed by atoms with Gasteiger partial charge in [0.2, 0.25) is 0 Å². The Hall–Kier alpha value is -2.22. The number of anilines is 1. The molecule has 0 aliphatic rings. The summed E-state index contributed by atoms with van der Waals surface area (Å²) in [5, 5.41) is 7.76. The largest absolute Gasteiger partial charge is 0.399 e. The number of fused-ring (bicyclic) bond motifs is 1. The van der Waals surface area contributed by atoms with Crippen LogP contribution in [-0.2, 0) is 6.54 Å². The number of aromatic amines is 2. The topological polar surface area (TPSA) is 105 Å². The Balaban J connectivity index is 1.95. The first kappa shape index (κ1) is 12.8. The van der Waals surface area contributed by atoms with Crippen molar-refractivity contribution in [2.45, 2.75) is 30.2 Å². The van der Waals surface area contributed by atoms with Crippen LogP contribution in [0.25, 0.3) is 11.0 Å². The molecule has 7 nitrogen and oxygen atoms in total. The molecular formula is C12H14N6OS. The van der Waals surface area contributed by atoms with Crippen molar-refractivity contribution in [2.75, 3.05) is 5.73 Å². The van der Waals surface area contributed by atoms with Gasteiger partial charge in [0.15, 0.2) is 10.3 Å². The van der Waals surface area contributed by atoms with E-state index in [0.717, 1.165) is 17.5 Å². The van der Waals surface area contributed by atoms with Gasteiger partial charge in [0.25, 0.3) is 0 Å². The number of hydrogen-bond acceptors (Lipinski definition) is 5. The lowest BCUT2D eigenvalue weighted by atomic mass is 10.3. The molecular weight excluding hydrogens is 276 g/mol. The van der Waals surface area contributed by atoms with Crippen molar-refractivity contribution in [3.63, 3.8) is 0 Å². The summed E-state index contributed by atoms with van der Waals surface area (Å²) in [6.45, 7) is 2.64. The SMILES string of the molecule is CCCn1c(Sc2nc3ccc(N)cc3[nH]2)n[nH]c1=O. The first-order chi connectivity index (χ1) is 9.67. The molecule has 3 rings (SSSR count). The standard InChI is InChI=1S/C12H14N6OS/c1-2-5-18-11(19)16-17-12(18)20-10-14-8-4-3-7(13)6-9(8)15-10/h3-4,6H,2,5,13H2,1H3,(H,14,15)(H,16,19). The fourth-order valence-corrected chi connectivity index (χ4v) is 2.79. The van der Waals surface area contributed by atoms with E-state index >= 15 is 0 Å². The minimum Gasteiger partial charge on any atom is -0.399 e. The van der Waals surface area contributed by atoms with Gasteiger partial charge in [-0.3, -0.25) is 4.57 Å². The zero-order valence-electron chi connectivity index (χ0n) is 10.9. The zero-order valence-corrected chi connectivity index (χ0v) is 11.7. The van der Waals surface area contributed by atoms with Crippen LogP contribution in [0.1, 0.15) is 13.3 Å². The lowest BCUT2D eigenvalue weighted by Crippen LogP contribution is -2.17. The van der Waals surface area contributed by atoms with Gasteiger partial charge in [-0.15, -0.1) is 5.10 Å². The highest BCUT2D eigenvalue weighted by Crippen LogP contribution is 2.25. The molecule has 0 saturated carbocycles. The molecule has 0 saturated heterocycles. The van der Waals surface area contributed by atoms with Crippen LogP contribution in [-0.4, -0.2) is 24.7 Å². The van der Waals surface area contributed by atoms with Gasteiger partial charge >= 0.3 is 5.69 Å². The molecule has 2 aromatic heterocycles. The van der Waals surface area contributed by atoms with Crippen molar-refractivity contribution < 1.29 is 0 Å². The van der Waals surface area contributed by atoms with E-state index in [9.17, 15) is 4.79 Å². The van der Waals surface area contributed by atoms with E-state index in [1.54, 1.807) is 10.6 Å². The number of nitrogens with zero attached hydrogens (tertiary/aromatic N) is 3. The first-order valence-electron chi connectivity index (χ1n) is 6.25. The molecule has 0 aliphatic heterocycles. The van der Waals surface area contributed by atoms with Crippen LogP contribution in [0.4, 0.5) is 5.69 Å². The Kier molecular flexibility index (Phi) is 3.23. The number of rotatable bonds is 4. The maximum atomic E-state index is 11.6. The minimum absolute atomic E-state index is 0.199. The van der Waals surface area contributed by atoms with E-state index in [1.165, 1.54) is 11.8 Å². The van der Waals surface area contributed by atoms with Crippen molar-refractivity contribution in [3.8, 4) is 0 Å². The first-order valence-corrected chi connectivity index (χ1v) is 7.07. The van der Waals surface area contributed by atoms with Crippen LogP contribution in [0.15, 0.2) is 33.3 Å². The molecule has 0 atom stereocenters. The summed E-state index contributed by atoms with van der Waals surface area (Å²) < 4.78 is 1.60. The van der Waals surface area contributed by atoms with Gasteiger partial charge in [0, 0.05) is 12.2 Å². The van der Waals surface area contributed by atoms with E-state index in [1.807, 2.05) is 19.1 Å². The second-order valence-electron chi connectivity index (χ2n) is 4.38. The van der Waals surface area contributed by atoms with Gasteiger partial charge in [0.05, 0.1) is 11.0 Å². The molecule has 4 N–H and O–H groups in total. The third-order valence-corrected chi connectivity index (χ3v) is 3.72. The van der Waals surface area contributed by atoms with Gasteiger partial charge in [-0.05, 0) is 36.4 Å². The molecule has 20 heavy (non-hydrogen) atoms. The molecule has 0 bridgehead atoms. The molecule has 0 amide bonds. The predicted molar refractivity (Wildman–Crippen MR) is 77.8 cm³/mol. The molecule has 3 aromatic rings. The van der Waals surface area contributed by atoms with Gasteiger partial charge in [-0.1, -0.05) is 6.92 Å². The summed E-state index contributed by atoms with van der Waals surface area (Å²) in [5.41, 5.74) is 7.92. The maximum Gasteiger partial charge on any atom is 0.343 e. The number of nitrogens with one attached hydrogen (secondary N) is 2. The summed E-state index contributed by atoms with van der Waals surface area (Å²) in [4.78, 5) is 19.2. The number of hydrogen-bond donors (Lipinski definition) is 3. The number of benzene rings is 1. The Bertz CT molecular complexity index is 802. The summed E-state index contributed by atoms with van der Waals surface area (Å²) in [6, 6.07) is 5.49. The quantitative estimate of drug-likeness (QED) is 0.633. The summed E-state index contributed by atoms with van der Waals surface area (Å²) in [6.07, 6.45) is 0.865. The average Bonchev–Trinajstić information content (AvgIpc) is 2.96. The predicted octanol–water partition coefficient (Wildman–Crippen LogP) is 1.59. The van der Waals surface area contributed by atoms with Crippen LogP contribution in [0.2, 0.25) is 0 Å². The highest BCUT2D eigenvalue weighted by Gasteiger charge is 2.12. The second-order valence-corrected chi connectivity index (χ2v) is 5.34. The summed E-state index contributed by atoms with van der Waals surface area (Å²) in [5.74, 6) is 0. The number of nitrogen functional groups attached to an aromatic ring is 1. The van der Waals surface area contributed by atoms with E-state index in [0.29, 0.717) is 22.5 Å². The molecule has 0 radical (unpaired) electrons. The third kappa shape index (κ3) is 2.29. The van der Waals surface area contributed by atoms with Crippen molar-refractivity contribution in [2.24, 2.45) is 0 Å². The van der Waals surface area contributed by atoms with E-state index in [-0.39, 0.29) is 5.69 Å². The maximum absolute atomic E-state index is 11.6. The third-order valence-electron chi connectivity index (χ3n) is 2.84. The summed E-state index contributed by atoms with van der Waals surface area (Å²) in [7, 11) is 0. The minimum atomic E-state index is -0.199. The average molecular weight is 290 g/mol. The van der Waals surface area contributed by atoms with E-state index in [2.05, 4.69) is 20.2 Å². The van der Waals surface area contributed by atoms with Crippen molar-refractivity contribution in [1.82, 2.24) is 24.7 Å². The molecule has 2 heterocycles. The Morgan fingerprint density at radius 1 is 1.45 bits per heavy atom. The Labute approximate surface area is 118 Å². The summed E-state index contributed by atoms with van der Waals surface area (Å²) >= 11 is 1.32. The fourth-order valence-electron chi connectivity index (χ4n) is 1.94. The van der Waals surface area contributed by atoms with E-state index in [4.69, 9.17) is 5.73 Å². The normalized spacial score (nSPS) is 11.2. The highest BCUT2D eigenvalue weighted by molar-refractivity contribution is 7.99. The van der Waals surface area contributed by atoms with Crippen molar-refractivity contribution in [3.05, 3.63) is 28.7 Å². The van der Waals surface area contributed by atoms with Gasteiger partial charge in [-0.25, -0.2) is 14.9 Å². The van der Waals surface area contributed by atoms with E-state index < -0.39 is 0 Å². The highest BCUT2D eigenvalue weighted by atomic mass is 32.2. The molecule has 104 valence electrons. The molecule has 0 fully saturated rings. The number of imidazole rings is 1. The van der Waals surface area contributed by atoms with Crippen LogP contribution < -0.4 is 11.4 Å². The van der Waals surface area contributed by atoms with Gasteiger partial charge < -0.3 is 10.7 Å². The van der Waals surface area contributed by atoms with Crippen molar-refractivity contribution >= 4 is 28.5 Å². The number of nitrogens with two attached hydrogens (primary N) is 1. The Morgan fingerprint density at radius 3 is 3.10 bits per heavy atom. The van der Waals surface area contributed by atoms with Crippen LogP contribution in [0.3, 0.4) is 0 Å². The molecule has 0 unspecified atom stereocenters. The van der Waals surface area contributed by atoms with Gasteiger partial charge in [-0.2, -0.15) is 0 Å². The monoisotopic (exact) mass is 290 g/mol. The van der Waals surface area contributed by atoms with Crippen LogP contribution in [0.5, 0.6) is 0 Å². The van der Waals surface area contributed by atoms with Crippen LogP contribution in [0, 0.1) is 0 Å². The van der Waals surface area contributed by atoms with Gasteiger partial charge in [0.1, 0.15) is 0 Å². The Morgan fingerprint density at radius 2 is 2.30 bits per heavy atom. The smallest absolute Gasteiger partial charge is 0.343 e. The van der Waals surface area contributed by atoms with Crippen molar-refractivity contribution in [1.29, 1.82) is 0 Å².